The zero-order valence-corrected chi connectivity index (χ0v) is 15.9. The molecule has 0 spiro atoms. The third kappa shape index (κ3) is 6.95. The first kappa shape index (κ1) is 19.9. The van der Waals surface area contributed by atoms with Gasteiger partial charge in [-0.3, -0.25) is 0 Å². The highest BCUT2D eigenvalue weighted by molar-refractivity contribution is 7.19. The molecular formula is C15H25N4O4S+. The van der Waals surface area contributed by atoms with Crippen LogP contribution in [0.5, 0.6) is 0 Å². The van der Waals surface area contributed by atoms with Gasteiger partial charge in [0, 0.05) is 5.11 Å². The molecular weight excluding hydrogens is 332 g/mol. The Labute approximate surface area is 145 Å². The summed E-state index contributed by atoms with van der Waals surface area (Å²) in [6.07, 6.45) is -1.66. The fourth-order valence-corrected chi connectivity index (χ4v) is 2.23. The second kappa shape index (κ2) is 7.16. The van der Waals surface area contributed by atoms with Crippen LogP contribution >= 0.6 is 11.3 Å². The zero-order valence-electron chi connectivity index (χ0n) is 15.1. The summed E-state index contributed by atoms with van der Waals surface area (Å²) >= 11 is 1.19. The van der Waals surface area contributed by atoms with Gasteiger partial charge in [-0.2, -0.15) is 4.79 Å². The van der Waals surface area contributed by atoms with Crippen LogP contribution in [0.2, 0.25) is 0 Å². The van der Waals surface area contributed by atoms with E-state index in [1.54, 1.807) is 47.6 Å². The Morgan fingerprint density at radius 3 is 2.12 bits per heavy atom. The van der Waals surface area contributed by atoms with Crippen molar-refractivity contribution in [2.24, 2.45) is 5.11 Å². The molecule has 2 amide bonds. The number of hydrogen-bond donors (Lipinski definition) is 2. The topological polar surface area (TPSA) is 106 Å². The van der Waals surface area contributed by atoms with E-state index < -0.39 is 23.4 Å². The second-order valence-corrected chi connectivity index (χ2v) is 8.20. The summed E-state index contributed by atoms with van der Waals surface area (Å²) in [5.74, 6) is 0. The van der Waals surface area contributed by atoms with Gasteiger partial charge in [0.25, 0.3) is 0 Å². The van der Waals surface area contributed by atoms with Gasteiger partial charge >= 0.3 is 12.2 Å². The van der Waals surface area contributed by atoms with E-state index in [1.807, 2.05) is 6.92 Å². The van der Waals surface area contributed by atoms with Crippen LogP contribution in [0.4, 0.5) is 19.6 Å². The van der Waals surface area contributed by atoms with E-state index >= 15 is 0 Å². The molecule has 0 radical (unpaired) electrons. The number of carbonyl (C=O) groups is 2. The maximum absolute atomic E-state index is 12.3. The Morgan fingerprint density at radius 2 is 1.71 bits per heavy atom. The number of thiophene rings is 1. The van der Waals surface area contributed by atoms with Gasteiger partial charge in [0.1, 0.15) is 16.0 Å². The molecule has 0 atom stereocenters. The molecule has 0 bridgehead atoms. The summed E-state index contributed by atoms with van der Waals surface area (Å²) in [7, 11) is 0. The van der Waals surface area contributed by atoms with Gasteiger partial charge < -0.3 is 15.2 Å². The molecule has 0 aromatic carbocycles. The number of nitrogen functional groups attached to an aromatic ring is 1. The number of amides is 2. The molecule has 0 saturated carbocycles. The molecule has 0 fully saturated rings. The molecule has 3 N–H and O–H groups in total. The van der Waals surface area contributed by atoms with Crippen LogP contribution < -0.4 is 11.2 Å². The van der Waals surface area contributed by atoms with Gasteiger partial charge in [-0.25, -0.2) is 4.79 Å². The quantitative estimate of drug-likeness (QED) is 0.447. The number of rotatable bonds is 1. The van der Waals surface area contributed by atoms with Crippen molar-refractivity contribution in [1.82, 2.24) is 5.43 Å². The van der Waals surface area contributed by atoms with Crippen molar-refractivity contribution in [3.63, 3.8) is 0 Å². The summed E-state index contributed by atoms with van der Waals surface area (Å²) in [6, 6.07) is 1.70. The number of hydrogen-bond acceptors (Lipinski definition) is 7. The van der Waals surface area contributed by atoms with Crippen molar-refractivity contribution < 1.29 is 23.9 Å². The van der Waals surface area contributed by atoms with E-state index in [1.165, 1.54) is 11.3 Å². The predicted octanol–water partition coefficient (Wildman–Crippen LogP) is 4.11. The lowest BCUT2D eigenvalue weighted by Crippen LogP contribution is -2.43. The van der Waals surface area contributed by atoms with E-state index in [0.717, 1.165) is 5.56 Å². The Balaban J connectivity index is 3.07. The van der Waals surface area contributed by atoms with Crippen LogP contribution in [0.15, 0.2) is 11.2 Å². The van der Waals surface area contributed by atoms with Crippen LogP contribution in [0.25, 0.3) is 0 Å². The van der Waals surface area contributed by atoms with Crippen LogP contribution in [0.3, 0.4) is 0 Å². The van der Waals surface area contributed by atoms with Crippen LogP contribution in [-0.4, -0.2) is 28.2 Å². The van der Waals surface area contributed by atoms with Crippen molar-refractivity contribution in [2.45, 2.75) is 59.7 Å². The maximum Gasteiger partial charge on any atom is 0.654 e. The molecule has 0 saturated heterocycles. The monoisotopic (exact) mass is 357 g/mol. The SMILES string of the molecule is Cc1cc(N=[N+](NC(=O)OC(C)(C)C)C(=O)OC(C)(C)C)sc1N. The van der Waals surface area contributed by atoms with Crippen molar-refractivity contribution in [3.05, 3.63) is 11.6 Å². The molecule has 1 aromatic rings. The number of nitrogens with one attached hydrogen (secondary N) is 1. The number of anilines is 1. The second-order valence-electron chi connectivity index (χ2n) is 7.14. The van der Waals surface area contributed by atoms with Crippen molar-refractivity contribution >= 4 is 33.5 Å². The molecule has 8 nitrogen and oxygen atoms in total. The largest absolute Gasteiger partial charge is 0.654 e. The fraction of sp³-hybridized carbons (Fsp3) is 0.600. The summed E-state index contributed by atoms with van der Waals surface area (Å²) < 4.78 is 10.4. The van der Waals surface area contributed by atoms with Crippen molar-refractivity contribution in [3.8, 4) is 0 Å². The first-order valence-corrected chi connectivity index (χ1v) is 8.19. The van der Waals surface area contributed by atoms with Gasteiger partial charge in [0.05, 0.1) is 5.00 Å². The molecule has 0 unspecified atom stereocenters. The van der Waals surface area contributed by atoms with Gasteiger partial charge in [0.15, 0.2) is 5.00 Å². The van der Waals surface area contributed by atoms with E-state index in [-0.39, 0.29) is 0 Å². The minimum absolute atomic E-state index is 0.451. The Morgan fingerprint density at radius 1 is 1.17 bits per heavy atom. The molecule has 24 heavy (non-hydrogen) atoms. The summed E-state index contributed by atoms with van der Waals surface area (Å²) in [4.78, 5) is 24.9. The van der Waals surface area contributed by atoms with Gasteiger partial charge in [0.2, 0.25) is 0 Å². The van der Waals surface area contributed by atoms with E-state index in [0.29, 0.717) is 14.8 Å². The third-order valence-corrected chi connectivity index (χ3v) is 3.25. The lowest BCUT2D eigenvalue weighted by molar-refractivity contribution is -0.558. The highest BCUT2D eigenvalue weighted by atomic mass is 32.1. The molecule has 0 aliphatic heterocycles. The molecule has 1 aromatic heterocycles. The lowest BCUT2D eigenvalue weighted by atomic mass is 10.2. The van der Waals surface area contributed by atoms with Crippen LogP contribution in [0.1, 0.15) is 47.1 Å². The predicted molar refractivity (Wildman–Crippen MR) is 91.4 cm³/mol. The number of hydrazine groups is 1. The first-order chi connectivity index (χ1) is 10.8. The number of ether oxygens (including phenoxy) is 2. The van der Waals surface area contributed by atoms with E-state index in [9.17, 15) is 9.59 Å². The Hall–Kier alpha value is -2.16. The summed E-state index contributed by atoms with van der Waals surface area (Å²) in [5, 5.41) is 5.11. The number of azo groups is 1. The molecule has 134 valence electrons. The third-order valence-electron chi connectivity index (χ3n) is 2.30. The van der Waals surface area contributed by atoms with Gasteiger partial charge in [-0.1, -0.05) is 16.8 Å². The van der Waals surface area contributed by atoms with Crippen molar-refractivity contribution in [1.29, 1.82) is 0 Å². The highest BCUT2D eigenvalue weighted by Crippen LogP contribution is 2.31. The standard InChI is InChI=1S/C15H24N4O4S/c1-9-8-10(24-11(9)16)17-19(13(21)23-15(5,6)7)18-12(20)22-14(2,3)4/h8,16H,1-7H3,(H,18,20)/p+1. The number of carbonyl (C=O) groups excluding carboxylic acids is 2. The molecule has 0 aliphatic rings. The zero-order chi connectivity index (χ0) is 18.7. The van der Waals surface area contributed by atoms with Crippen molar-refractivity contribution in [2.75, 3.05) is 5.73 Å². The lowest BCUT2D eigenvalue weighted by Gasteiger charge is -2.18. The number of nitrogens with zero attached hydrogens (tertiary/aromatic N) is 2. The molecule has 0 aliphatic carbocycles. The minimum Gasteiger partial charge on any atom is -0.440 e. The fourth-order valence-electron chi connectivity index (χ4n) is 1.43. The molecule has 1 rings (SSSR count). The van der Waals surface area contributed by atoms with Crippen LogP contribution in [-0.2, 0) is 9.47 Å². The van der Waals surface area contributed by atoms with Crippen LogP contribution in [0, 0.1) is 6.92 Å². The molecule has 1 heterocycles. The van der Waals surface area contributed by atoms with Gasteiger partial charge in [-0.05, 0) is 60.1 Å². The van der Waals surface area contributed by atoms with Gasteiger partial charge in [-0.15, -0.1) is 0 Å². The number of nitrogens with two attached hydrogens (primary N) is 1. The smallest absolute Gasteiger partial charge is 0.440 e. The summed E-state index contributed by atoms with van der Waals surface area (Å²) in [5.41, 5.74) is 7.43. The molecule has 9 heteroatoms. The maximum atomic E-state index is 12.3. The highest BCUT2D eigenvalue weighted by Gasteiger charge is 2.33. The first-order valence-electron chi connectivity index (χ1n) is 7.37. The average Bonchev–Trinajstić information content (AvgIpc) is 2.62. The number of aryl methyl sites for hydroxylation is 1. The Kier molecular flexibility index (Phi) is 5.94. The Bertz CT molecular complexity index is 634. The average molecular weight is 357 g/mol. The van der Waals surface area contributed by atoms with E-state index in [4.69, 9.17) is 15.2 Å². The van der Waals surface area contributed by atoms with E-state index in [2.05, 4.69) is 10.5 Å². The minimum atomic E-state index is -0.835. The summed E-state index contributed by atoms with van der Waals surface area (Å²) in [6.45, 7) is 12.1. The normalized spacial score (nSPS) is 12.7.